The molecule has 4 rings (SSSR count). The van der Waals surface area contributed by atoms with Gasteiger partial charge in [-0.25, -0.2) is 4.79 Å². The minimum Gasteiger partial charge on any atom is -0.326 e. The minimum atomic E-state index is -1.08. The summed E-state index contributed by atoms with van der Waals surface area (Å²) < 4.78 is 0. The van der Waals surface area contributed by atoms with Gasteiger partial charge in [-0.2, -0.15) is 0 Å². The van der Waals surface area contributed by atoms with Gasteiger partial charge in [0.2, 0.25) is 5.91 Å². The first-order chi connectivity index (χ1) is 14.9. The summed E-state index contributed by atoms with van der Waals surface area (Å²) in [6, 6.07) is 13.6. The number of nitrogens with one attached hydrogen (secondary N) is 2. The van der Waals surface area contributed by atoms with Crippen LogP contribution in [0.1, 0.15) is 54.1 Å². The highest BCUT2D eigenvalue weighted by Crippen LogP contribution is 2.39. The summed E-state index contributed by atoms with van der Waals surface area (Å²) in [6.07, 6.45) is 3.35. The van der Waals surface area contributed by atoms with Gasteiger partial charge in [0.1, 0.15) is 5.54 Å². The molecule has 160 valence electrons. The molecule has 0 aromatic heterocycles. The maximum Gasteiger partial charge on any atom is 0.325 e. The van der Waals surface area contributed by atoms with Crippen molar-refractivity contribution < 1.29 is 19.2 Å². The van der Waals surface area contributed by atoms with Gasteiger partial charge in [-0.15, -0.1) is 0 Å². The second-order valence-corrected chi connectivity index (χ2v) is 8.04. The standard InChI is InChI=1S/C24H25N3O4/c1-2-6-21(29)25-18-12-10-17(11-13-18)20(28)15-27-22(30)24(26-23(27)31)14-5-8-16-7-3-4-9-19(16)24/h3-4,7,9-13H,2,5-6,8,14-15H2,1H3,(H,25,29)(H,26,31). The van der Waals surface area contributed by atoms with Crippen LogP contribution in [0.4, 0.5) is 10.5 Å². The zero-order chi connectivity index (χ0) is 22.0. The van der Waals surface area contributed by atoms with Gasteiger partial charge >= 0.3 is 6.03 Å². The molecule has 1 saturated heterocycles. The molecule has 0 bridgehead atoms. The number of ketones is 1. The van der Waals surface area contributed by atoms with Crippen LogP contribution >= 0.6 is 0 Å². The van der Waals surface area contributed by atoms with Crippen molar-refractivity contribution in [2.24, 2.45) is 0 Å². The number of imide groups is 1. The van der Waals surface area contributed by atoms with Crippen molar-refractivity contribution in [3.63, 3.8) is 0 Å². The number of Topliss-reactive ketones (excluding diaryl/α,β-unsaturated/α-hetero) is 1. The number of benzene rings is 2. The topological polar surface area (TPSA) is 95.6 Å². The van der Waals surface area contributed by atoms with E-state index in [1.165, 1.54) is 0 Å². The van der Waals surface area contributed by atoms with E-state index in [9.17, 15) is 19.2 Å². The Hall–Kier alpha value is -3.48. The average molecular weight is 419 g/mol. The molecule has 1 atom stereocenters. The highest BCUT2D eigenvalue weighted by molar-refractivity contribution is 6.11. The van der Waals surface area contributed by atoms with E-state index >= 15 is 0 Å². The summed E-state index contributed by atoms with van der Waals surface area (Å²) in [4.78, 5) is 51.5. The molecule has 0 saturated carbocycles. The van der Waals surface area contributed by atoms with Crippen LogP contribution in [-0.4, -0.2) is 35.1 Å². The normalized spacial score (nSPS) is 19.8. The number of amides is 4. The third-order valence-electron chi connectivity index (χ3n) is 5.92. The summed E-state index contributed by atoms with van der Waals surface area (Å²) >= 11 is 0. The lowest BCUT2D eigenvalue weighted by atomic mass is 9.76. The average Bonchev–Trinajstić information content (AvgIpc) is 2.99. The zero-order valence-corrected chi connectivity index (χ0v) is 17.4. The Morgan fingerprint density at radius 1 is 1.10 bits per heavy atom. The molecule has 7 heteroatoms. The maximum atomic E-state index is 13.3. The Morgan fingerprint density at radius 2 is 1.84 bits per heavy atom. The number of fused-ring (bicyclic) bond motifs is 2. The van der Waals surface area contributed by atoms with Gasteiger partial charge in [0.25, 0.3) is 5.91 Å². The SMILES string of the molecule is CCCC(=O)Nc1ccc(C(=O)CN2C(=O)NC3(CCCc4ccccc43)C2=O)cc1. The van der Waals surface area contributed by atoms with Crippen molar-refractivity contribution in [2.45, 2.75) is 44.6 Å². The van der Waals surface area contributed by atoms with Crippen LogP contribution in [0, 0.1) is 0 Å². The third kappa shape index (κ3) is 3.83. The van der Waals surface area contributed by atoms with Gasteiger partial charge in [-0.05, 0) is 61.1 Å². The molecule has 1 spiro atoms. The number of carbonyl (C=O) groups excluding carboxylic acids is 4. The largest absolute Gasteiger partial charge is 0.326 e. The van der Waals surface area contributed by atoms with Gasteiger partial charge in [-0.1, -0.05) is 31.2 Å². The number of rotatable bonds is 6. The number of urea groups is 1. The number of anilines is 1. The highest BCUT2D eigenvalue weighted by Gasteiger charge is 2.54. The summed E-state index contributed by atoms with van der Waals surface area (Å²) in [6.45, 7) is 1.60. The molecule has 2 N–H and O–H groups in total. The summed E-state index contributed by atoms with van der Waals surface area (Å²) in [5.74, 6) is -0.795. The van der Waals surface area contributed by atoms with E-state index < -0.39 is 11.6 Å². The predicted octanol–water partition coefficient (Wildman–Crippen LogP) is 3.39. The lowest BCUT2D eigenvalue weighted by Crippen LogP contribution is -2.46. The molecular weight excluding hydrogens is 394 g/mol. The molecule has 2 aromatic rings. The van der Waals surface area contributed by atoms with Gasteiger partial charge in [-0.3, -0.25) is 19.3 Å². The smallest absolute Gasteiger partial charge is 0.325 e. The van der Waals surface area contributed by atoms with Gasteiger partial charge in [0.15, 0.2) is 5.78 Å². The van der Waals surface area contributed by atoms with E-state index in [1.54, 1.807) is 24.3 Å². The van der Waals surface area contributed by atoms with Crippen LogP contribution in [0.25, 0.3) is 0 Å². The Labute approximate surface area is 180 Å². The number of aryl methyl sites for hydroxylation is 1. The Kier molecular flexibility index (Phi) is 5.59. The maximum absolute atomic E-state index is 13.3. The summed E-state index contributed by atoms with van der Waals surface area (Å²) in [5, 5.41) is 5.63. The lowest BCUT2D eigenvalue weighted by Gasteiger charge is -2.33. The van der Waals surface area contributed by atoms with E-state index in [2.05, 4.69) is 10.6 Å². The molecule has 1 heterocycles. The predicted molar refractivity (Wildman–Crippen MR) is 116 cm³/mol. The first-order valence-corrected chi connectivity index (χ1v) is 10.6. The second kappa shape index (κ2) is 8.34. The molecule has 1 aliphatic heterocycles. The Morgan fingerprint density at radius 3 is 2.58 bits per heavy atom. The molecule has 0 radical (unpaired) electrons. The summed E-state index contributed by atoms with van der Waals surface area (Å²) in [5.41, 5.74) is 1.76. The Bertz CT molecular complexity index is 1050. The van der Waals surface area contributed by atoms with Crippen molar-refractivity contribution in [3.8, 4) is 0 Å². The van der Waals surface area contributed by atoms with Crippen molar-refractivity contribution in [3.05, 3.63) is 65.2 Å². The van der Waals surface area contributed by atoms with E-state index in [1.807, 2.05) is 31.2 Å². The van der Waals surface area contributed by atoms with Crippen molar-refractivity contribution in [1.29, 1.82) is 0 Å². The molecular formula is C24H25N3O4. The fraction of sp³-hybridized carbons (Fsp3) is 0.333. The van der Waals surface area contributed by atoms with Crippen LogP contribution in [0.2, 0.25) is 0 Å². The number of hydrogen-bond donors (Lipinski definition) is 2. The molecule has 31 heavy (non-hydrogen) atoms. The molecule has 4 amide bonds. The first-order valence-electron chi connectivity index (χ1n) is 10.6. The highest BCUT2D eigenvalue weighted by atomic mass is 16.2. The van der Waals surface area contributed by atoms with E-state index in [-0.39, 0.29) is 24.1 Å². The molecule has 2 aliphatic rings. The summed E-state index contributed by atoms with van der Waals surface area (Å²) in [7, 11) is 0. The van der Waals surface area contributed by atoms with E-state index in [0.717, 1.165) is 35.3 Å². The monoisotopic (exact) mass is 419 g/mol. The van der Waals surface area contributed by atoms with Crippen LogP contribution in [0.15, 0.2) is 48.5 Å². The van der Waals surface area contributed by atoms with E-state index in [0.29, 0.717) is 24.1 Å². The fourth-order valence-electron chi connectivity index (χ4n) is 4.38. The van der Waals surface area contributed by atoms with Crippen LogP contribution in [0.5, 0.6) is 0 Å². The zero-order valence-electron chi connectivity index (χ0n) is 17.4. The lowest BCUT2D eigenvalue weighted by molar-refractivity contribution is -0.131. The third-order valence-corrected chi connectivity index (χ3v) is 5.92. The quantitative estimate of drug-likeness (QED) is 0.554. The van der Waals surface area contributed by atoms with Gasteiger partial charge in [0, 0.05) is 17.7 Å². The molecule has 1 fully saturated rings. The van der Waals surface area contributed by atoms with Gasteiger partial charge < -0.3 is 10.6 Å². The molecule has 7 nitrogen and oxygen atoms in total. The minimum absolute atomic E-state index is 0.0843. The molecule has 1 unspecified atom stereocenters. The van der Waals surface area contributed by atoms with Crippen molar-refractivity contribution in [1.82, 2.24) is 10.2 Å². The number of carbonyl (C=O) groups is 4. The second-order valence-electron chi connectivity index (χ2n) is 8.04. The van der Waals surface area contributed by atoms with Crippen molar-refractivity contribution >= 4 is 29.3 Å². The number of hydrogen-bond acceptors (Lipinski definition) is 4. The van der Waals surface area contributed by atoms with Crippen LogP contribution < -0.4 is 10.6 Å². The van der Waals surface area contributed by atoms with Crippen LogP contribution in [0.3, 0.4) is 0 Å². The van der Waals surface area contributed by atoms with Crippen molar-refractivity contribution in [2.75, 3.05) is 11.9 Å². The number of nitrogens with zero attached hydrogens (tertiary/aromatic N) is 1. The van der Waals surface area contributed by atoms with Crippen LogP contribution in [-0.2, 0) is 21.5 Å². The first kappa shape index (κ1) is 20.8. The molecule has 2 aromatic carbocycles. The van der Waals surface area contributed by atoms with E-state index in [4.69, 9.17) is 0 Å². The fourth-order valence-corrected chi connectivity index (χ4v) is 4.38. The molecule has 1 aliphatic carbocycles. The Balaban J connectivity index is 1.49. The van der Waals surface area contributed by atoms with Gasteiger partial charge in [0.05, 0.1) is 6.54 Å².